The van der Waals surface area contributed by atoms with Crippen molar-refractivity contribution in [2.45, 2.75) is 19.4 Å². The van der Waals surface area contributed by atoms with E-state index in [2.05, 4.69) is 0 Å². The lowest BCUT2D eigenvalue weighted by Crippen LogP contribution is -2.05. The molecule has 0 saturated heterocycles. The van der Waals surface area contributed by atoms with E-state index in [0.717, 1.165) is 12.5 Å². The van der Waals surface area contributed by atoms with Crippen LogP contribution in [-0.4, -0.2) is 5.11 Å². The summed E-state index contributed by atoms with van der Waals surface area (Å²) in [5.41, 5.74) is -0.150. The topological polar surface area (TPSA) is 20.2 Å². The second-order valence-electron chi connectivity index (χ2n) is 4.11. The molecule has 3 atom stereocenters. The quantitative estimate of drug-likeness (QED) is 0.753. The molecule has 1 nitrogen and oxygen atoms in total. The third-order valence-corrected chi connectivity index (χ3v) is 2.94. The van der Waals surface area contributed by atoms with Crippen LogP contribution in [0.15, 0.2) is 12.1 Å². The van der Waals surface area contributed by atoms with Gasteiger partial charge in [0, 0.05) is 11.6 Å². The monoisotopic (exact) mass is 216 g/mol. The van der Waals surface area contributed by atoms with Crippen molar-refractivity contribution in [1.29, 1.82) is 0 Å². The van der Waals surface area contributed by atoms with Crippen LogP contribution in [0, 0.1) is 29.3 Å². The molecule has 0 amide bonds. The zero-order valence-corrected chi connectivity index (χ0v) is 8.17. The first-order valence-electron chi connectivity index (χ1n) is 4.83. The third-order valence-electron chi connectivity index (χ3n) is 2.94. The molecule has 4 heteroatoms. The van der Waals surface area contributed by atoms with Gasteiger partial charge in [-0.3, -0.25) is 0 Å². The van der Waals surface area contributed by atoms with E-state index < -0.39 is 23.6 Å². The van der Waals surface area contributed by atoms with E-state index in [4.69, 9.17) is 0 Å². The highest BCUT2D eigenvalue weighted by Gasteiger charge is 2.40. The molecule has 1 aromatic carbocycles. The molecule has 0 bridgehead atoms. The Balaban J connectivity index is 2.31. The Morgan fingerprint density at radius 3 is 2.27 bits per heavy atom. The van der Waals surface area contributed by atoms with Gasteiger partial charge in [-0.15, -0.1) is 0 Å². The summed E-state index contributed by atoms with van der Waals surface area (Å²) < 4.78 is 38.7. The Labute approximate surface area is 85.5 Å². The van der Waals surface area contributed by atoms with Crippen LogP contribution in [0.25, 0.3) is 0 Å². The van der Waals surface area contributed by atoms with Gasteiger partial charge in [0.2, 0.25) is 0 Å². The lowest BCUT2D eigenvalue weighted by Gasteiger charge is -2.11. The molecular formula is C11H11F3O. The fourth-order valence-electron chi connectivity index (χ4n) is 1.79. The van der Waals surface area contributed by atoms with E-state index in [1.807, 2.05) is 6.92 Å². The van der Waals surface area contributed by atoms with E-state index in [9.17, 15) is 18.3 Å². The van der Waals surface area contributed by atoms with Crippen molar-refractivity contribution in [2.24, 2.45) is 11.8 Å². The van der Waals surface area contributed by atoms with Crippen LogP contribution in [-0.2, 0) is 0 Å². The van der Waals surface area contributed by atoms with E-state index in [1.54, 1.807) is 0 Å². The number of benzene rings is 1. The molecule has 15 heavy (non-hydrogen) atoms. The molecule has 0 spiro atoms. The van der Waals surface area contributed by atoms with E-state index in [0.29, 0.717) is 12.0 Å². The molecule has 1 aliphatic rings. The van der Waals surface area contributed by atoms with Crippen molar-refractivity contribution in [1.82, 2.24) is 0 Å². The van der Waals surface area contributed by atoms with Gasteiger partial charge < -0.3 is 5.11 Å². The molecule has 1 aliphatic carbocycles. The Morgan fingerprint density at radius 2 is 1.73 bits per heavy atom. The molecule has 3 unspecified atom stereocenters. The van der Waals surface area contributed by atoms with Crippen molar-refractivity contribution in [3.63, 3.8) is 0 Å². The van der Waals surface area contributed by atoms with Crippen LogP contribution < -0.4 is 0 Å². The van der Waals surface area contributed by atoms with Gasteiger partial charge in [0.25, 0.3) is 0 Å². The zero-order valence-electron chi connectivity index (χ0n) is 8.17. The van der Waals surface area contributed by atoms with Gasteiger partial charge in [0.15, 0.2) is 11.6 Å². The zero-order chi connectivity index (χ0) is 11.2. The van der Waals surface area contributed by atoms with Crippen LogP contribution in [0.3, 0.4) is 0 Å². The van der Waals surface area contributed by atoms with Crippen molar-refractivity contribution in [2.75, 3.05) is 0 Å². The molecule has 1 fully saturated rings. The average Bonchev–Trinajstić information content (AvgIpc) is 2.88. The summed E-state index contributed by atoms with van der Waals surface area (Å²) in [5, 5.41) is 9.70. The van der Waals surface area contributed by atoms with Gasteiger partial charge in [-0.25, -0.2) is 13.2 Å². The number of rotatable bonds is 2. The molecule has 0 aliphatic heterocycles. The van der Waals surface area contributed by atoms with Gasteiger partial charge in [-0.1, -0.05) is 6.92 Å². The van der Waals surface area contributed by atoms with Crippen molar-refractivity contribution >= 4 is 0 Å². The maximum absolute atomic E-state index is 13.2. The fourth-order valence-corrected chi connectivity index (χ4v) is 1.79. The number of aliphatic hydroxyl groups is 1. The summed E-state index contributed by atoms with van der Waals surface area (Å²) in [6.45, 7) is 1.92. The Hall–Kier alpha value is -1.03. The maximum atomic E-state index is 13.2. The summed E-state index contributed by atoms with van der Waals surface area (Å²) in [6, 6.07) is 1.21. The van der Waals surface area contributed by atoms with Crippen LogP contribution >= 0.6 is 0 Å². The highest BCUT2D eigenvalue weighted by molar-refractivity contribution is 5.24. The Kier molecular flexibility index (Phi) is 2.46. The van der Waals surface area contributed by atoms with Gasteiger partial charge in [0.05, 0.1) is 6.10 Å². The Morgan fingerprint density at radius 1 is 1.20 bits per heavy atom. The molecular weight excluding hydrogens is 205 g/mol. The molecule has 0 heterocycles. The summed E-state index contributed by atoms with van der Waals surface area (Å²) in [5.74, 6) is -2.97. The predicted octanol–water partition coefficient (Wildman–Crippen LogP) is 2.79. The molecule has 0 radical (unpaired) electrons. The first kappa shape index (κ1) is 10.5. The van der Waals surface area contributed by atoms with Crippen LogP contribution in [0.5, 0.6) is 0 Å². The van der Waals surface area contributed by atoms with Gasteiger partial charge >= 0.3 is 0 Å². The minimum absolute atomic E-state index is 0.0376. The smallest absolute Gasteiger partial charge is 0.161 e. The largest absolute Gasteiger partial charge is 0.388 e. The van der Waals surface area contributed by atoms with Crippen molar-refractivity contribution in [3.05, 3.63) is 35.1 Å². The normalized spacial score (nSPS) is 26.5. The number of hydrogen-bond donors (Lipinski definition) is 1. The lowest BCUT2D eigenvalue weighted by molar-refractivity contribution is 0.143. The first-order valence-corrected chi connectivity index (χ1v) is 4.83. The van der Waals surface area contributed by atoms with Gasteiger partial charge in [-0.05, 0) is 24.3 Å². The highest BCUT2D eigenvalue weighted by Crippen LogP contribution is 2.47. The third kappa shape index (κ3) is 1.86. The number of hydrogen-bond acceptors (Lipinski definition) is 1. The minimum atomic E-state index is -1.23. The maximum Gasteiger partial charge on any atom is 0.161 e. The predicted molar refractivity (Wildman–Crippen MR) is 48.5 cm³/mol. The van der Waals surface area contributed by atoms with E-state index in [-0.39, 0.29) is 11.5 Å². The Bertz CT molecular complexity index is 392. The van der Waals surface area contributed by atoms with Crippen LogP contribution in [0.1, 0.15) is 25.0 Å². The number of aliphatic hydroxyl groups excluding tert-OH is 1. The van der Waals surface area contributed by atoms with Crippen LogP contribution in [0.2, 0.25) is 0 Å². The molecule has 82 valence electrons. The first-order chi connectivity index (χ1) is 7.00. The molecule has 0 aromatic heterocycles. The molecule has 2 rings (SSSR count). The standard InChI is InChI=1S/C11H11F3O/c1-5-2-6(5)11(15)7-3-9(13)10(14)4-8(7)12/h3-6,11,15H,2H2,1H3. The van der Waals surface area contributed by atoms with Gasteiger partial charge in [-0.2, -0.15) is 0 Å². The molecule has 1 N–H and O–H groups in total. The van der Waals surface area contributed by atoms with E-state index in [1.165, 1.54) is 0 Å². The van der Waals surface area contributed by atoms with E-state index >= 15 is 0 Å². The highest BCUT2D eigenvalue weighted by atomic mass is 19.2. The van der Waals surface area contributed by atoms with Crippen molar-refractivity contribution < 1.29 is 18.3 Å². The SMILES string of the molecule is CC1CC1C(O)c1cc(F)c(F)cc1F. The second kappa shape index (κ2) is 3.52. The minimum Gasteiger partial charge on any atom is -0.388 e. The second-order valence-corrected chi connectivity index (χ2v) is 4.11. The fraction of sp³-hybridized carbons (Fsp3) is 0.455. The summed E-state index contributed by atoms with van der Waals surface area (Å²) in [4.78, 5) is 0. The summed E-state index contributed by atoms with van der Waals surface area (Å²) in [6.07, 6.45) is -0.241. The van der Waals surface area contributed by atoms with Crippen LogP contribution in [0.4, 0.5) is 13.2 Å². The lowest BCUT2D eigenvalue weighted by atomic mass is 10.0. The molecule has 1 saturated carbocycles. The summed E-state index contributed by atoms with van der Waals surface area (Å²) >= 11 is 0. The number of halogens is 3. The average molecular weight is 216 g/mol. The summed E-state index contributed by atoms with van der Waals surface area (Å²) in [7, 11) is 0. The van der Waals surface area contributed by atoms with Gasteiger partial charge in [0.1, 0.15) is 5.82 Å². The van der Waals surface area contributed by atoms with Crippen molar-refractivity contribution in [3.8, 4) is 0 Å². The molecule has 1 aromatic rings.